The van der Waals surface area contributed by atoms with Gasteiger partial charge in [-0.05, 0) is 48.9 Å². The fraction of sp³-hybridized carbons (Fsp3) is 0.174. The van der Waals surface area contributed by atoms with E-state index in [9.17, 15) is 9.18 Å². The van der Waals surface area contributed by atoms with Gasteiger partial charge in [0.15, 0.2) is 5.16 Å². The second kappa shape index (κ2) is 9.61. The summed E-state index contributed by atoms with van der Waals surface area (Å²) in [6.07, 6.45) is 2.14. The molecular weight excluding hydrogens is 415 g/mol. The van der Waals surface area contributed by atoms with Crippen molar-refractivity contribution in [1.29, 1.82) is 0 Å². The van der Waals surface area contributed by atoms with E-state index in [2.05, 4.69) is 15.5 Å². The van der Waals surface area contributed by atoms with E-state index in [1.807, 2.05) is 47.9 Å². The largest absolute Gasteiger partial charge is 0.467 e. The Morgan fingerprint density at radius 1 is 1.10 bits per heavy atom. The molecule has 0 aliphatic heterocycles. The Bertz CT molecular complexity index is 1130. The first kappa shape index (κ1) is 20.9. The third-order valence-corrected chi connectivity index (χ3v) is 5.60. The van der Waals surface area contributed by atoms with Crippen LogP contribution in [0.3, 0.4) is 0 Å². The smallest absolute Gasteiger partial charge is 0.231 e. The van der Waals surface area contributed by atoms with E-state index in [1.54, 1.807) is 24.5 Å². The molecule has 0 radical (unpaired) electrons. The molecule has 0 saturated heterocycles. The fourth-order valence-corrected chi connectivity index (χ4v) is 3.94. The first-order chi connectivity index (χ1) is 15.1. The lowest BCUT2D eigenvalue weighted by Gasteiger charge is -2.12. The van der Waals surface area contributed by atoms with Gasteiger partial charge in [-0.15, -0.1) is 10.2 Å². The van der Waals surface area contributed by atoms with E-state index < -0.39 is 0 Å². The first-order valence-electron chi connectivity index (χ1n) is 9.80. The van der Waals surface area contributed by atoms with E-state index in [0.717, 1.165) is 11.3 Å². The molecule has 31 heavy (non-hydrogen) atoms. The average Bonchev–Trinajstić information content (AvgIpc) is 3.44. The SMILES string of the molecule is C[C@@H](NC(=O)CSc1nnc(Cc2ccccc2)n1-c1ccc(F)cc1)c1ccco1. The van der Waals surface area contributed by atoms with E-state index in [-0.39, 0.29) is 23.5 Å². The predicted octanol–water partition coefficient (Wildman–Crippen LogP) is 4.56. The van der Waals surface area contributed by atoms with Crippen LogP contribution in [0.1, 0.15) is 30.1 Å². The molecule has 158 valence electrons. The molecule has 1 amide bonds. The van der Waals surface area contributed by atoms with Gasteiger partial charge in [0.2, 0.25) is 5.91 Å². The van der Waals surface area contributed by atoms with Crippen LogP contribution in [-0.4, -0.2) is 26.4 Å². The van der Waals surface area contributed by atoms with Crippen LogP contribution in [0.15, 0.2) is 82.6 Å². The van der Waals surface area contributed by atoms with Crippen molar-refractivity contribution in [1.82, 2.24) is 20.1 Å². The summed E-state index contributed by atoms with van der Waals surface area (Å²) in [6, 6.07) is 19.4. The zero-order chi connectivity index (χ0) is 21.6. The molecule has 2 aromatic carbocycles. The van der Waals surface area contributed by atoms with E-state index in [0.29, 0.717) is 23.2 Å². The first-order valence-corrected chi connectivity index (χ1v) is 10.8. The van der Waals surface area contributed by atoms with Gasteiger partial charge in [0.1, 0.15) is 17.4 Å². The van der Waals surface area contributed by atoms with Crippen LogP contribution in [0.2, 0.25) is 0 Å². The van der Waals surface area contributed by atoms with Crippen molar-refractivity contribution in [3.8, 4) is 5.69 Å². The number of nitrogens with one attached hydrogen (secondary N) is 1. The molecule has 6 nitrogen and oxygen atoms in total. The average molecular weight is 437 g/mol. The molecule has 4 aromatic rings. The number of nitrogens with zero attached hydrogens (tertiary/aromatic N) is 3. The maximum absolute atomic E-state index is 13.5. The lowest BCUT2D eigenvalue weighted by molar-refractivity contribution is -0.119. The lowest BCUT2D eigenvalue weighted by Crippen LogP contribution is -2.28. The van der Waals surface area contributed by atoms with Gasteiger partial charge in [-0.1, -0.05) is 42.1 Å². The van der Waals surface area contributed by atoms with Gasteiger partial charge >= 0.3 is 0 Å². The summed E-state index contributed by atoms with van der Waals surface area (Å²) in [5.74, 6) is 1.10. The van der Waals surface area contributed by atoms with Crippen molar-refractivity contribution in [2.75, 3.05) is 5.75 Å². The topological polar surface area (TPSA) is 73.0 Å². The highest BCUT2D eigenvalue weighted by Crippen LogP contribution is 2.24. The molecule has 1 atom stereocenters. The number of furan rings is 1. The van der Waals surface area contributed by atoms with Crippen LogP contribution < -0.4 is 5.32 Å². The molecule has 1 N–H and O–H groups in total. The van der Waals surface area contributed by atoms with E-state index in [4.69, 9.17) is 4.42 Å². The van der Waals surface area contributed by atoms with Crippen molar-refractivity contribution in [3.63, 3.8) is 0 Å². The second-order valence-electron chi connectivity index (χ2n) is 6.97. The van der Waals surface area contributed by atoms with Gasteiger partial charge < -0.3 is 9.73 Å². The number of carbonyl (C=O) groups is 1. The van der Waals surface area contributed by atoms with Crippen LogP contribution in [0.5, 0.6) is 0 Å². The van der Waals surface area contributed by atoms with Crippen LogP contribution in [0.4, 0.5) is 4.39 Å². The fourth-order valence-electron chi connectivity index (χ4n) is 3.16. The number of amides is 1. The highest BCUT2D eigenvalue weighted by atomic mass is 32.2. The molecule has 4 rings (SSSR count). The molecule has 0 bridgehead atoms. The van der Waals surface area contributed by atoms with Crippen molar-refractivity contribution in [3.05, 3.63) is 96.0 Å². The molecule has 0 unspecified atom stereocenters. The number of benzene rings is 2. The van der Waals surface area contributed by atoms with E-state index in [1.165, 1.54) is 23.9 Å². The number of carbonyl (C=O) groups excluding carboxylic acids is 1. The Hall–Kier alpha value is -3.39. The van der Waals surface area contributed by atoms with Crippen molar-refractivity contribution >= 4 is 17.7 Å². The van der Waals surface area contributed by atoms with Crippen LogP contribution >= 0.6 is 11.8 Å². The molecule has 0 spiro atoms. The Balaban J connectivity index is 1.52. The zero-order valence-electron chi connectivity index (χ0n) is 16.9. The molecule has 0 fully saturated rings. The Kier molecular flexibility index (Phi) is 6.47. The minimum absolute atomic E-state index is 0.146. The molecule has 2 aromatic heterocycles. The molecule has 0 aliphatic rings. The summed E-state index contributed by atoms with van der Waals surface area (Å²) in [5.41, 5.74) is 1.82. The van der Waals surface area contributed by atoms with E-state index >= 15 is 0 Å². The summed E-state index contributed by atoms with van der Waals surface area (Å²) in [5, 5.41) is 12.1. The number of hydrogen-bond acceptors (Lipinski definition) is 5. The van der Waals surface area contributed by atoms with Gasteiger partial charge in [0, 0.05) is 12.1 Å². The number of halogens is 1. The highest BCUT2D eigenvalue weighted by molar-refractivity contribution is 7.99. The Morgan fingerprint density at radius 2 is 1.87 bits per heavy atom. The third-order valence-electron chi connectivity index (χ3n) is 4.67. The van der Waals surface area contributed by atoms with Crippen LogP contribution in [0, 0.1) is 5.82 Å². The summed E-state index contributed by atoms with van der Waals surface area (Å²) >= 11 is 1.28. The lowest BCUT2D eigenvalue weighted by atomic mass is 10.1. The standard InChI is InChI=1S/C23H21FN4O2S/c1-16(20-8-5-13-30-20)25-22(29)15-31-23-27-26-21(14-17-6-3-2-4-7-17)28(23)19-11-9-18(24)10-12-19/h2-13,16H,14-15H2,1H3,(H,25,29)/t16-/m1/s1. The number of aromatic nitrogens is 3. The van der Waals surface area contributed by atoms with Gasteiger partial charge in [-0.3, -0.25) is 9.36 Å². The molecule has 2 heterocycles. The maximum Gasteiger partial charge on any atom is 0.231 e. The number of thioether (sulfide) groups is 1. The minimum Gasteiger partial charge on any atom is -0.467 e. The Labute approximate surface area is 183 Å². The molecular formula is C23H21FN4O2S. The quantitative estimate of drug-likeness (QED) is 0.410. The summed E-state index contributed by atoms with van der Waals surface area (Å²) in [4.78, 5) is 12.4. The molecule has 0 aliphatic carbocycles. The van der Waals surface area contributed by atoms with Crippen LogP contribution in [0.25, 0.3) is 5.69 Å². The van der Waals surface area contributed by atoms with Crippen molar-refractivity contribution in [2.24, 2.45) is 0 Å². The molecule has 0 saturated carbocycles. The third kappa shape index (κ3) is 5.21. The molecule has 8 heteroatoms. The normalized spacial score (nSPS) is 11.9. The van der Waals surface area contributed by atoms with Gasteiger partial charge in [0.25, 0.3) is 0 Å². The van der Waals surface area contributed by atoms with Crippen molar-refractivity contribution in [2.45, 2.75) is 24.5 Å². The maximum atomic E-state index is 13.5. The van der Waals surface area contributed by atoms with Crippen LogP contribution in [-0.2, 0) is 11.2 Å². The summed E-state index contributed by atoms with van der Waals surface area (Å²) < 4.78 is 20.7. The summed E-state index contributed by atoms with van der Waals surface area (Å²) in [7, 11) is 0. The minimum atomic E-state index is -0.318. The monoisotopic (exact) mass is 436 g/mol. The Morgan fingerprint density at radius 3 is 2.58 bits per heavy atom. The number of rotatable bonds is 8. The van der Waals surface area contributed by atoms with Gasteiger partial charge in [0.05, 0.1) is 18.1 Å². The predicted molar refractivity (Wildman–Crippen MR) is 117 cm³/mol. The number of hydrogen-bond donors (Lipinski definition) is 1. The van der Waals surface area contributed by atoms with Gasteiger partial charge in [-0.25, -0.2) is 4.39 Å². The highest BCUT2D eigenvalue weighted by Gasteiger charge is 2.18. The zero-order valence-corrected chi connectivity index (χ0v) is 17.7. The summed E-state index contributed by atoms with van der Waals surface area (Å²) in [6.45, 7) is 1.86. The second-order valence-corrected chi connectivity index (χ2v) is 7.91. The van der Waals surface area contributed by atoms with Gasteiger partial charge in [-0.2, -0.15) is 0 Å². The van der Waals surface area contributed by atoms with Crippen molar-refractivity contribution < 1.29 is 13.6 Å².